The summed E-state index contributed by atoms with van der Waals surface area (Å²) in [6.07, 6.45) is 9.41. The van der Waals surface area contributed by atoms with Crippen molar-refractivity contribution in [2.75, 3.05) is 12.8 Å². The van der Waals surface area contributed by atoms with Crippen molar-refractivity contribution < 1.29 is 9.90 Å². The fraction of sp³-hybridized carbons (Fsp3) is 0.917. The number of hydrogen-bond donors (Lipinski definition) is 2. The summed E-state index contributed by atoms with van der Waals surface area (Å²) in [5, 5.41) is 12.9. The third-order valence-electron chi connectivity index (χ3n) is 3.22. The predicted molar refractivity (Wildman–Crippen MR) is 69.0 cm³/mol. The second-order valence-corrected chi connectivity index (χ2v) is 5.66. The van der Waals surface area contributed by atoms with Crippen LogP contribution in [0.5, 0.6) is 0 Å². The van der Waals surface area contributed by atoms with Gasteiger partial charge in [0.2, 0.25) is 0 Å². The average Bonchev–Trinajstić information content (AvgIpc) is 2.70. The summed E-state index contributed by atoms with van der Waals surface area (Å²) in [6, 6.07) is 0.705. The number of hydrogen-bond acceptors (Lipinski definition) is 3. The lowest BCUT2D eigenvalue weighted by atomic mass is 10.2. The van der Waals surface area contributed by atoms with Gasteiger partial charge in [0, 0.05) is 17.7 Å². The molecular weight excluding hydrogens is 222 g/mol. The van der Waals surface area contributed by atoms with E-state index in [4.69, 9.17) is 5.11 Å². The maximum atomic E-state index is 10.3. The van der Waals surface area contributed by atoms with Gasteiger partial charge in [0.05, 0.1) is 0 Å². The van der Waals surface area contributed by atoms with Gasteiger partial charge < -0.3 is 10.4 Å². The van der Waals surface area contributed by atoms with Crippen molar-refractivity contribution >= 4 is 17.7 Å². The zero-order valence-corrected chi connectivity index (χ0v) is 10.9. The Morgan fingerprint density at radius 1 is 1.38 bits per heavy atom. The lowest BCUT2D eigenvalue weighted by Gasteiger charge is -2.12. The lowest BCUT2D eigenvalue weighted by Crippen LogP contribution is -2.27. The summed E-state index contributed by atoms with van der Waals surface area (Å²) in [5.41, 5.74) is 0. The molecule has 1 aliphatic rings. The largest absolute Gasteiger partial charge is 0.481 e. The maximum absolute atomic E-state index is 10.3. The van der Waals surface area contributed by atoms with Gasteiger partial charge in [-0.25, -0.2) is 0 Å². The third kappa shape index (κ3) is 5.75. The normalized spacial score (nSPS) is 24.8. The van der Waals surface area contributed by atoms with Crippen molar-refractivity contribution in [3.63, 3.8) is 0 Å². The first-order chi connectivity index (χ1) is 7.72. The van der Waals surface area contributed by atoms with Gasteiger partial charge >= 0.3 is 5.97 Å². The van der Waals surface area contributed by atoms with Crippen molar-refractivity contribution in [2.24, 2.45) is 0 Å². The molecule has 2 N–H and O–H groups in total. The summed E-state index contributed by atoms with van der Waals surface area (Å²) in [7, 11) is 0. The van der Waals surface area contributed by atoms with Gasteiger partial charge in [0.15, 0.2) is 0 Å². The SMILES string of the molecule is CSC1CCC(NCCCCCC(=O)O)C1. The topological polar surface area (TPSA) is 49.3 Å². The molecule has 1 fully saturated rings. The first-order valence-corrected chi connectivity index (χ1v) is 7.49. The van der Waals surface area contributed by atoms with Crippen LogP contribution in [-0.2, 0) is 4.79 Å². The maximum Gasteiger partial charge on any atom is 0.303 e. The minimum atomic E-state index is -0.674. The fourth-order valence-corrected chi connectivity index (χ4v) is 3.02. The number of unbranched alkanes of at least 4 members (excludes halogenated alkanes) is 2. The van der Waals surface area contributed by atoms with E-state index in [9.17, 15) is 4.79 Å². The molecule has 0 saturated heterocycles. The van der Waals surface area contributed by atoms with Crippen molar-refractivity contribution in [3.05, 3.63) is 0 Å². The van der Waals surface area contributed by atoms with Crippen molar-refractivity contribution in [2.45, 2.75) is 56.2 Å². The molecule has 16 heavy (non-hydrogen) atoms. The Labute approximate surface area is 102 Å². The smallest absolute Gasteiger partial charge is 0.303 e. The Hall–Kier alpha value is -0.220. The van der Waals surface area contributed by atoms with Gasteiger partial charge in [0.1, 0.15) is 0 Å². The molecule has 0 amide bonds. The molecular formula is C12H23NO2S. The number of carbonyl (C=O) groups is 1. The average molecular weight is 245 g/mol. The monoisotopic (exact) mass is 245 g/mol. The molecule has 0 radical (unpaired) electrons. The van der Waals surface area contributed by atoms with Gasteiger partial charge in [-0.05, 0) is 44.9 Å². The molecule has 1 aliphatic carbocycles. The van der Waals surface area contributed by atoms with Gasteiger partial charge in [-0.15, -0.1) is 0 Å². The van der Waals surface area contributed by atoms with Crippen LogP contribution in [0.15, 0.2) is 0 Å². The van der Waals surface area contributed by atoms with E-state index in [1.807, 2.05) is 11.8 Å². The van der Waals surface area contributed by atoms with E-state index in [0.29, 0.717) is 12.5 Å². The molecule has 2 atom stereocenters. The van der Waals surface area contributed by atoms with Crippen LogP contribution in [0.4, 0.5) is 0 Å². The zero-order valence-electron chi connectivity index (χ0n) is 10.1. The van der Waals surface area contributed by atoms with Gasteiger partial charge in [-0.1, -0.05) is 6.42 Å². The molecule has 4 heteroatoms. The number of nitrogens with one attached hydrogen (secondary N) is 1. The van der Waals surface area contributed by atoms with Crippen LogP contribution >= 0.6 is 11.8 Å². The number of thioether (sulfide) groups is 1. The van der Waals surface area contributed by atoms with Crippen molar-refractivity contribution in [1.29, 1.82) is 0 Å². The molecule has 2 unspecified atom stereocenters. The third-order valence-corrected chi connectivity index (χ3v) is 4.31. The second-order valence-electron chi connectivity index (χ2n) is 4.53. The summed E-state index contributed by atoms with van der Waals surface area (Å²) < 4.78 is 0. The van der Waals surface area contributed by atoms with E-state index in [1.54, 1.807) is 0 Å². The Morgan fingerprint density at radius 3 is 2.81 bits per heavy atom. The van der Waals surface area contributed by atoms with Crippen LogP contribution < -0.4 is 5.32 Å². The van der Waals surface area contributed by atoms with Crippen LogP contribution in [0.2, 0.25) is 0 Å². The summed E-state index contributed by atoms with van der Waals surface area (Å²) in [6.45, 7) is 1.05. The van der Waals surface area contributed by atoms with E-state index in [0.717, 1.165) is 31.1 Å². The number of aliphatic carboxylic acids is 1. The lowest BCUT2D eigenvalue weighted by molar-refractivity contribution is -0.137. The number of carboxylic acids is 1. The molecule has 0 aliphatic heterocycles. The molecule has 0 heterocycles. The molecule has 0 aromatic rings. The zero-order chi connectivity index (χ0) is 11.8. The molecule has 0 bridgehead atoms. The van der Waals surface area contributed by atoms with Crippen LogP contribution in [-0.4, -0.2) is 35.2 Å². The quantitative estimate of drug-likeness (QED) is 0.645. The van der Waals surface area contributed by atoms with Gasteiger partial charge in [-0.2, -0.15) is 11.8 Å². The van der Waals surface area contributed by atoms with Crippen LogP contribution in [0.1, 0.15) is 44.9 Å². The standard InChI is InChI=1S/C12H23NO2S/c1-16-11-7-6-10(9-11)13-8-4-2-3-5-12(14)15/h10-11,13H,2-9H2,1H3,(H,14,15). The first kappa shape index (κ1) is 13.8. The van der Waals surface area contributed by atoms with Crippen LogP contribution in [0.3, 0.4) is 0 Å². The summed E-state index contributed by atoms with van der Waals surface area (Å²) in [5.74, 6) is -0.674. The van der Waals surface area contributed by atoms with E-state index in [2.05, 4.69) is 11.6 Å². The van der Waals surface area contributed by atoms with E-state index < -0.39 is 5.97 Å². The minimum Gasteiger partial charge on any atom is -0.481 e. The van der Waals surface area contributed by atoms with Crippen LogP contribution in [0, 0.1) is 0 Å². The van der Waals surface area contributed by atoms with E-state index >= 15 is 0 Å². The first-order valence-electron chi connectivity index (χ1n) is 6.20. The van der Waals surface area contributed by atoms with E-state index in [1.165, 1.54) is 19.3 Å². The van der Waals surface area contributed by atoms with Gasteiger partial charge in [-0.3, -0.25) is 4.79 Å². The Kier molecular flexibility index (Phi) is 6.88. The van der Waals surface area contributed by atoms with Crippen LogP contribution in [0.25, 0.3) is 0 Å². The number of rotatable bonds is 8. The highest BCUT2D eigenvalue weighted by Gasteiger charge is 2.22. The molecule has 0 aromatic heterocycles. The molecule has 1 rings (SSSR count). The van der Waals surface area contributed by atoms with Gasteiger partial charge in [0.25, 0.3) is 0 Å². The highest BCUT2D eigenvalue weighted by atomic mass is 32.2. The van der Waals surface area contributed by atoms with Crippen molar-refractivity contribution in [1.82, 2.24) is 5.32 Å². The molecule has 3 nitrogen and oxygen atoms in total. The number of carboxylic acid groups (broad SMARTS) is 1. The van der Waals surface area contributed by atoms with Crippen molar-refractivity contribution in [3.8, 4) is 0 Å². The second kappa shape index (κ2) is 7.96. The highest BCUT2D eigenvalue weighted by molar-refractivity contribution is 7.99. The Bertz CT molecular complexity index is 211. The fourth-order valence-electron chi connectivity index (χ4n) is 2.22. The van der Waals surface area contributed by atoms with E-state index in [-0.39, 0.29) is 0 Å². The molecule has 1 saturated carbocycles. The Balaban J connectivity index is 1.90. The summed E-state index contributed by atoms with van der Waals surface area (Å²) >= 11 is 1.98. The molecule has 94 valence electrons. The molecule has 0 aromatic carbocycles. The minimum absolute atomic E-state index is 0.317. The highest BCUT2D eigenvalue weighted by Crippen LogP contribution is 2.27. The summed E-state index contributed by atoms with van der Waals surface area (Å²) in [4.78, 5) is 10.3. The Morgan fingerprint density at radius 2 is 2.19 bits per heavy atom. The predicted octanol–water partition coefficient (Wildman–Crippen LogP) is 2.51. The molecule has 0 spiro atoms.